The number of methoxy groups -OCH3 is 1. The Bertz CT molecular complexity index is 820. The molecule has 1 N–H and O–H groups in total. The van der Waals surface area contributed by atoms with Gasteiger partial charge >= 0.3 is 0 Å². The molecular weight excluding hydrogens is 340 g/mol. The molecule has 27 heavy (non-hydrogen) atoms. The van der Waals surface area contributed by atoms with Gasteiger partial charge in [0.1, 0.15) is 5.75 Å². The number of ether oxygens (including phenoxy) is 1. The van der Waals surface area contributed by atoms with Crippen LogP contribution < -0.4 is 10.1 Å². The smallest absolute Gasteiger partial charge is 0.225 e. The van der Waals surface area contributed by atoms with Crippen molar-refractivity contribution >= 4 is 11.8 Å². The van der Waals surface area contributed by atoms with E-state index in [9.17, 15) is 9.59 Å². The number of carbonyl (C=O) groups excluding carboxylic acids is 2. The molecule has 5 heteroatoms. The van der Waals surface area contributed by atoms with Crippen molar-refractivity contribution in [2.75, 3.05) is 13.7 Å². The number of nitrogens with one attached hydrogen (secondary N) is 1. The van der Waals surface area contributed by atoms with Gasteiger partial charge in [0.15, 0.2) is 0 Å². The minimum Gasteiger partial charge on any atom is -0.496 e. The molecular formula is C22H26N2O3. The average Bonchev–Trinajstić information content (AvgIpc) is 3.03. The normalized spacial score (nSPS) is 17.7. The van der Waals surface area contributed by atoms with Crippen LogP contribution in [-0.2, 0) is 16.1 Å². The molecule has 1 saturated heterocycles. The minimum atomic E-state index is -0.320. The second-order valence-corrected chi connectivity index (χ2v) is 7.14. The quantitative estimate of drug-likeness (QED) is 0.854. The fraction of sp³-hybridized carbons (Fsp3) is 0.364. The van der Waals surface area contributed by atoms with Crippen LogP contribution in [0.5, 0.6) is 5.75 Å². The van der Waals surface area contributed by atoms with E-state index in [4.69, 9.17) is 4.74 Å². The topological polar surface area (TPSA) is 58.6 Å². The fourth-order valence-corrected chi connectivity index (χ4v) is 3.51. The standard InChI is InChI=1S/C22H26N2O3/c1-15-9-10-20(27-3)19(11-15)16(2)23-22(26)18-12-21(25)24(14-18)13-17-7-5-4-6-8-17/h4-11,16,18H,12-14H2,1-3H3,(H,23,26). The summed E-state index contributed by atoms with van der Waals surface area (Å²) in [6.07, 6.45) is 0.260. The van der Waals surface area contributed by atoms with Crippen LogP contribution in [0.2, 0.25) is 0 Å². The summed E-state index contributed by atoms with van der Waals surface area (Å²) in [5.74, 6) is 0.371. The van der Waals surface area contributed by atoms with Crippen molar-refractivity contribution in [3.8, 4) is 5.75 Å². The predicted octanol–water partition coefficient (Wildman–Crippen LogP) is 3.23. The van der Waals surface area contributed by atoms with E-state index in [1.54, 1.807) is 12.0 Å². The predicted molar refractivity (Wildman–Crippen MR) is 104 cm³/mol. The van der Waals surface area contributed by atoms with Crippen molar-refractivity contribution in [3.05, 3.63) is 65.2 Å². The molecule has 1 heterocycles. The molecule has 0 radical (unpaired) electrons. The van der Waals surface area contributed by atoms with Crippen molar-refractivity contribution in [3.63, 3.8) is 0 Å². The lowest BCUT2D eigenvalue weighted by atomic mass is 10.0. The maximum absolute atomic E-state index is 12.7. The molecule has 5 nitrogen and oxygen atoms in total. The van der Waals surface area contributed by atoms with Crippen LogP contribution in [0, 0.1) is 12.8 Å². The third-order valence-corrected chi connectivity index (χ3v) is 5.01. The molecule has 0 aliphatic carbocycles. The Balaban J connectivity index is 1.63. The van der Waals surface area contributed by atoms with Gasteiger partial charge in [-0.3, -0.25) is 9.59 Å². The Labute approximate surface area is 160 Å². The molecule has 0 spiro atoms. The summed E-state index contributed by atoms with van der Waals surface area (Å²) in [7, 11) is 1.62. The Morgan fingerprint density at radius 1 is 1.26 bits per heavy atom. The first-order chi connectivity index (χ1) is 13.0. The number of amides is 2. The van der Waals surface area contributed by atoms with Crippen molar-refractivity contribution in [1.29, 1.82) is 0 Å². The number of nitrogens with zero attached hydrogens (tertiary/aromatic N) is 1. The second-order valence-electron chi connectivity index (χ2n) is 7.14. The van der Waals surface area contributed by atoms with Crippen LogP contribution in [0.25, 0.3) is 0 Å². The van der Waals surface area contributed by atoms with Crippen LogP contribution in [0.1, 0.15) is 36.1 Å². The summed E-state index contributed by atoms with van der Waals surface area (Å²) in [6, 6.07) is 15.6. The molecule has 2 unspecified atom stereocenters. The van der Waals surface area contributed by atoms with E-state index >= 15 is 0 Å². The lowest BCUT2D eigenvalue weighted by Gasteiger charge is -2.20. The molecule has 3 rings (SSSR count). The second kappa shape index (κ2) is 8.25. The molecule has 1 aliphatic rings. The number of likely N-dealkylation sites (tertiary alicyclic amines) is 1. The highest BCUT2D eigenvalue weighted by molar-refractivity contribution is 5.89. The number of benzene rings is 2. The number of hydrogen-bond donors (Lipinski definition) is 1. The van der Waals surface area contributed by atoms with Gasteiger partial charge in [-0.25, -0.2) is 0 Å². The Hall–Kier alpha value is -2.82. The highest BCUT2D eigenvalue weighted by atomic mass is 16.5. The number of hydrogen-bond acceptors (Lipinski definition) is 3. The van der Waals surface area contributed by atoms with Gasteiger partial charge in [0, 0.05) is 25.1 Å². The summed E-state index contributed by atoms with van der Waals surface area (Å²) in [6.45, 7) is 4.95. The van der Waals surface area contributed by atoms with E-state index in [1.165, 1.54) is 0 Å². The molecule has 2 atom stereocenters. The summed E-state index contributed by atoms with van der Waals surface area (Å²) in [4.78, 5) is 26.8. The zero-order valence-corrected chi connectivity index (χ0v) is 16.1. The van der Waals surface area contributed by atoms with E-state index in [1.807, 2.05) is 62.4 Å². The molecule has 1 aliphatic heterocycles. The Morgan fingerprint density at radius 2 is 2.00 bits per heavy atom. The van der Waals surface area contributed by atoms with Gasteiger partial charge in [0.25, 0.3) is 0 Å². The summed E-state index contributed by atoms with van der Waals surface area (Å²) in [5.41, 5.74) is 3.12. The minimum absolute atomic E-state index is 0.0276. The van der Waals surface area contributed by atoms with Gasteiger partial charge in [-0.1, -0.05) is 48.0 Å². The molecule has 2 aromatic rings. The molecule has 0 saturated carbocycles. The zero-order chi connectivity index (χ0) is 19.4. The third-order valence-electron chi connectivity index (χ3n) is 5.01. The average molecular weight is 366 g/mol. The number of carbonyl (C=O) groups is 2. The van der Waals surface area contributed by atoms with Crippen LogP contribution in [0.3, 0.4) is 0 Å². The van der Waals surface area contributed by atoms with Gasteiger partial charge in [-0.15, -0.1) is 0 Å². The van der Waals surface area contributed by atoms with Gasteiger partial charge in [0.05, 0.1) is 19.1 Å². The Kier molecular flexibility index (Phi) is 5.79. The van der Waals surface area contributed by atoms with Crippen LogP contribution in [-0.4, -0.2) is 30.4 Å². The van der Waals surface area contributed by atoms with Crippen molar-refractivity contribution in [2.45, 2.75) is 32.9 Å². The highest BCUT2D eigenvalue weighted by Gasteiger charge is 2.34. The van der Waals surface area contributed by atoms with Crippen LogP contribution in [0.4, 0.5) is 0 Å². The first-order valence-corrected chi connectivity index (χ1v) is 9.24. The maximum atomic E-state index is 12.7. The van der Waals surface area contributed by atoms with Gasteiger partial charge < -0.3 is 15.0 Å². The van der Waals surface area contributed by atoms with Crippen LogP contribution in [0.15, 0.2) is 48.5 Å². The third kappa shape index (κ3) is 4.48. The van der Waals surface area contributed by atoms with E-state index in [0.717, 1.165) is 22.4 Å². The van der Waals surface area contributed by atoms with Crippen molar-refractivity contribution in [2.24, 2.45) is 5.92 Å². The number of rotatable bonds is 6. The maximum Gasteiger partial charge on any atom is 0.225 e. The van der Waals surface area contributed by atoms with Gasteiger partial charge in [-0.05, 0) is 25.5 Å². The van der Waals surface area contributed by atoms with Crippen molar-refractivity contribution in [1.82, 2.24) is 10.2 Å². The molecule has 142 valence electrons. The SMILES string of the molecule is COc1ccc(C)cc1C(C)NC(=O)C1CC(=O)N(Cc2ccccc2)C1. The highest BCUT2D eigenvalue weighted by Crippen LogP contribution is 2.27. The van der Waals surface area contributed by atoms with Gasteiger partial charge in [-0.2, -0.15) is 0 Å². The molecule has 2 aromatic carbocycles. The fourth-order valence-electron chi connectivity index (χ4n) is 3.51. The lowest BCUT2D eigenvalue weighted by molar-refractivity contribution is -0.129. The summed E-state index contributed by atoms with van der Waals surface area (Å²) >= 11 is 0. The number of aryl methyl sites for hydroxylation is 1. The molecule has 0 aromatic heterocycles. The first-order valence-electron chi connectivity index (χ1n) is 9.24. The molecule has 2 amide bonds. The van der Waals surface area contributed by atoms with E-state index in [2.05, 4.69) is 5.32 Å². The van der Waals surface area contributed by atoms with Crippen LogP contribution >= 0.6 is 0 Å². The largest absolute Gasteiger partial charge is 0.496 e. The molecule has 0 bridgehead atoms. The first kappa shape index (κ1) is 19.0. The monoisotopic (exact) mass is 366 g/mol. The van der Waals surface area contributed by atoms with E-state index in [-0.39, 0.29) is 30.2 Å². The van der Waals surface area contributed by atoms with Gasteiger partial charge in [0.2, 0.25) is 11.8 Å². The zero-order valence-electron chi connectivity index (χ0n) is 16.1. The van der Waals surface area contributed by atoms with E-state index < -0.39 is 0 Å². The Morgan fingerprint density at radius 3 is 2.70 bits per heavy atom. The summed E-state index contributed by atoms with van der Waals surface area (Å²) in [5, 5.41) is 3.05. The van der Waals surface area contributed by atoms with E-state index in [0.29, 0.717) is 13.1 Å². The molecule has 1 fully saturated rings. The summed E-state index contributed by atoms with van der Waals surface area (Å²) < 4.78 is 5.42. The lowest BCUT2D eigenvalue weighted by Crippen LogP contribution is -2.34. The van der Waals surface area contributed by atoms with Crippen molar-refractivity contribution < 1.29 is 14.3 Å².